The molecule has 2 atom stereocenters. The van der Waals surface area contributed by atoms with Crippen LogP contribution >= 0.6 is 0 Å². The number of carbonyl (C=O) groups is 2. The number of fused-ring (bicyclic) bond motifs is 4. The number of sulfonamides is 2. The number of aromatic nitrogens is 6. The maximum Gasteiger partial charge on any atom is 0.305 e. The van der Waals surface area contributed by atoms with E-state index in [2.05, 4.69) is 76.5 Å². The Hall–Kier alpha value is -5.26. The molecule has 0 unspecified atom stereocenters. The Labute approximate surface area is 562 Å². The molecule has 0 radical (unpaired) electrons. The summed E-state index contributed by atoms with van der Waals surface area (Å²) in [7, 11) is 3.15. The lowest BCUT2D eigenvalue weighted by atomic mass is 10.0. The fraction of sp³-hybridized carbons (Fsp3) is 0.377. The van der Waals surface area contributed by atoms with Crippen LogP contribution in [-0.2, 0) is 153 Å². The van der Waals surface area contributed by atoms with Gasteiger partial charge in [-0.15, -0.1) is 20.4 Å². The van der Waals surface area contributed by atoms with Crippen molar-refractivity contribution in [2.24, 2.45) is 0 Å². The SMILES string of the molecule is C.C1CCN(Cc2nnc3n2CCNC3)CC1.O=C(C[C@@H](NS(=O)(=O)c1ccc2ccccc2c1)c1ccccc1)N1CCn2c(CN3CCCCC3)nnc2C1.O=C(O)C[C@@H](NS(=O)(=O)c1ccc2ccccc2c1)c1ccccc1.S=S=S=S=S=S=S=S=S. The van der Waals surface area contributed by atoms with Crippen LogP contribution in [0.25, 0.3) is 21.5 Å². The molecule has 486 valence electrons. The molecule has 4 N–H and O–H groups in total. The van der Waals surface area contributed by atoms with E-state index in [1.807, 2.05) is 78.9 Å². The van der Waals surface area contributed by atoms with Gasteiger partial charge >= 0.3 is 5.97 Å². The van der Waals surface area contributed by atoms with Gasteiger partial charge < -0.3 is 24.5 Å². The highest BCUT2D eigenvalue weighted by molar-refractivity contribution is 8.72. The molecule has 91 heavy (non-hydrogen) atoms. The molecule has 2 aromatic heterocycles. The number of rotatable bonds is 16. The Morgan fingerprint density at radius 1 is 0.516 bits per heavy atom. The van der Waals surface area contributed by atoms with Gasteiger partial charge in [0.05, 0.1) is 54.5 Å². The largest absolute Gasteiger partial charge is 0.481 e. The van der Waals surface area contributed by atoms with Gasteiger partial charge in [0, 0.05) is 117 Å². The van der Waals surface area contributed by atoms with Crippen LogP contribution < -0.4 is 14.8 Å². The maximum atomic E-state index is 13.5. The molecule has 6 heterocycles. The highest BCUT2D eigenvalue weighted by atomic mass is 33.4. The number of carbonyl (C=O) groups excluding carboxylic acids is 1. The van der Waals surface area contributed by atoms with Gasteiger partial charge in [0.1, 0.15) is 17.5 Å². The van der Waals surface area contributed by atoms with Crippen molar-refractivity contribution < 1.29 is 31.5 Å². The van der Waals surface area contributed by atoms with Crippen molar-refractivity contribution in [3.8, 4) is 0 Å². The number of amides is 1. The third-order valence-corrected chi connectivity index (χ3v) is 31.8. The molecule has 4 aliphatic heterocycles. The van der Waals surface area contributed by atoms with Crippen LogP contribution in [0.15, 0.2) is 155 Å². The van der Waals surface area contributed by atoms with Crippen molar-refractivity contribution in [1.29, 1.82) is 0 Å². The fourth-order valence-electron chi connectivity index (χ4n) is 11.0. The summed E-state index contributed by atoms with van der Waals surface area (Å²) in [6.07, 6.45) is 7.45. The summed E-state index contributed by atoms with van der Waals surface area (Å²) in [5, 5.41) is 33.4. The molecule has 0 bridgehead atoms. The first-order valence-electron chi connectivity index (χ1n) is 29.3. The molecule has 0 aliphatic carbocycles. The van der Waals surface area contributed by atoms with Crippen molar-refractivity contribution in [2.75, 3.05) is 39.3 Å². The Morgan fingerprint density at radius 3 is 1.44 bits per heavy atom. The molecule has 2 fully saturated rings. The van der Waals surface area contributed by atoms with Crippen LogP contribution in [0.3, 0.4) is 0 Å². The molecule has 0 saturated carbocycles. The van der Waals surface area contributed by atoms with Gasteiger partial charge in [-0.2, -0.15) is 0 Å². The second-order valence-corrected chi connectivity index (χ2v) is 37.3. The average molecular weight is 1440 g/mol. The van der Waals surface area contributed by atoms with E-state index < -0.39 is 38.1 Å². The van der Waals surface area contributed by atoms with Gasteiger partial charge in [-0.25, -0.2) is 26.3 Å². The summed E-state index contributed by atoms with van der Waals surface area (Å²) in [5.74, 6) is 2.78. The molecule has 8 aromatic rings. The summed E-state index contributed by atoms with van der Waals surface area (Å²) < 4.78 is 62.2. The number of nitrogens with one attached hydrogen (secondary N) is 3. The molecular formula is C61H74N12O7S11. The standard InChI is InChI=1S/C30H34N6O3S.C19H17NO4S.C11H19N5.CH4.S9/c37-30(35-17-18-36-28(31-32-29(36)22-35)21-34-15-7-2-8-16-34)20-27(24-10-3-1-4-11-24)33-40(38,39)26-14-13-23-9-5-6-12-25(23)19-26;21-19(22)13-18(15-7-2-1-3-8-15)20-25(23,24)17-11-10-14-6-4-5-9-16(14)12-17;1-2-5-15(6-3-1)9-11-14-13-10-8-12-4-7-16(10)11;;1-3-5-7-9-8-6-4-2/h1,3-6,9-14,19,27,33H,2,7-8,15-18,20-22H2;1-12,18,20H,13H2,(H,21,22);12H,1-9H2;1H4;/t27-;18-;;;/m11.../s1. The van der Waals surface area contributed by atoms with Crippen LogP contribution in [0.1, 0.15) is 105 Å². The van der Waals surface area contributed by atoms with Crippen LogP contribution in [0.2, 0.25) is 0 Å². The second-order valence-electron chi connectivity index (χ2n) is 21.5. The Bertz CT molecular complexity index is 4270. The molecular weight excluding hydrogens is 1370 g/mol. The quantitative estimate of drug-likeness (QED) is 0.0715. The van der Waals surface area contributed by atoms with E-state index in [0.717, 1.165) is 96.2 Å². The summed E-state index contributed by atoms with van der Waals surface area (Å²) in [4.78, 5) is 31.6. The van der Waals surface area contributed by atoms with Crippen LogP contribution in [-0.4, -0.2) is 117 Å². The van der Waals surface area contributed by atoms with Gasteiger partial charge in [0.2, 0.25) is 26.0 Å². The van der Waals surface area contributed by atoms with Crippen LogP contribution in [0.5, 0.6) is 0 Å². The minimum Gasteiger partial charge on any atom is -0.481 e. The van der Waals surface area contributed by atoms with E-state index >= 15 is 0 Å². The summed E-state index contributed by atoms with van der Waals surface area (Å²) >= 11 is 9.27. The van der Waals surface area contributed by atoms with E-state index in [0.29, 0.717) is 25.2 Å². The number of likely N-dealkylation sites (tertiary alicyclic amines) is 2. The highest BCUT2D eigenvalue weighted by Crippen LogP contribution is 2.27. The monoisotopic (exact) mass is 1440 g/mol. The number of piperidine rings is 2. The number of benzene rings is 6. The van der Waals surface area contributed by atoms with Gasteiger partial charge in [-0.1, -0.05) is 142 Å². The first kappa shape index (κ1) is 71.6. The smallest absolute Gasteiger partial charge is 0.305 e. The molecule has 4 aliphatic rings. The van der Waals surface area contributed by atoms with Crippen LogP contribution in [0, 0.1) is 0 Å². The second kappa shape index (κ2) is 36.4. The third kappa shape index (κ3) is 21.4. The number of hydrogen-bond donors (Lipinski definition) is 4. The molecule has 30 heteroatoms. The van der Waals surface area contributed by atoms with Crippen molar-refractivity contribution in [2.45, 2.75) is 120 Å². The minimum atomic E-state index is -3.89. The molecule has 19 nitrogen and oxygen atoms in total. The number of nitrogens with zero attached hydrogens (tertiary/aromatic N) is 9. The van der Waals surface area contributed by atoms with Crippen LogP contribution in [0.4, 0.5) is 0 Å². The predicted octanol–water partition coefficient (Wildman–Crippen LogP) is 8.19. The van der Waals surface area contributed by atoms with Gasteiger partial charge in [-0.3, -0.25) is 19.4 Å². The number of aliphatic carboxylic acids is 1. The topological polar surface area (TPSA) is 230 Å². The van der Waals surface area contributed by atoms with Crippen molar-refractivity contribution in [3.63, 3.8) is 0 Å². The molecule has 0 spiro atoms. The van der Waals surface area contributed by atoms with Crippen molar-refractivity contribution in [3.05, 3.63) is 180 Å². The summed E-state index contributed by atoms with van der Waals surface area (Å²) in [5.41, 5.74) is 1.35. The zero-order chi connectivity index (χ0) is 63.1. The Kier molecular flexibility index (Phi) is 28.6. The van der Waals surface area contributed by atoms with Crippen molar-refractivity contribution in [1.82, 2.24) is 59.0 Å². The van der Waals surface area contributed by atoms with Gasteiger partial charge in [-0.05, 0) is 109 Å². The summed E-state index contributed by atoms with van der Waals surface area (Å²) in [6.45, 7) is 10.8. The zero-order valence-corrected chi connectivity index (χ0v) is 58.0. The van der Waals surface area contributed by atoms with E-state index in [-0.39, 0.29) is 36.0 Å². The number of hydrogen-bond acceptors (Lipinski definition) is 15. The molecule has 2 saturated heterocycles. The van der Waals surface area contributed by atoms with Gasteiger partial charge in [0.15, 0.2) is 5.82 Å². The van der Waals surface area contributed by atoms with E-state index in [1.54, 1.807) is 110 Å². The summed E-state index contributed by atoms with van der Waals surface area (Å²) in [6, 6.07) is 41.4. The minimum absolute atomic E-state index is 0. The molecule has 6 aromatic carbocycles. The highest BCUT2D eigenvalue weighted by Gasteiger charge is 2.31. The lowest BCUT2D eigenvalue weighted by Crippen LogP contribution is -2.41. The van der Waals surface area contributed by atoms with E-state index in [1.165, 1.54) is 75.4 Å². The molecule has 1 amide bonds. The number of carboxylic acids is 1. The first-order chi connectivity index (χ1) is 43.8. The lowest BCUT2D eigenvalue weighted by molar-refractivity contribution is -0.137. The maximum absolute atomic E-state index is 13.5. The Balaban J connectivity index is 0.000000177. The van der Waals surface area contributed by atoms with E-state index in [4.69, 9.17) is 5.11 Å². The Morgan fingerprint density at radius 2 is 0.956 bits per heavy atom. The zero-order valence-electron chi connectivity index (χ0n) is 49.1. The predicted molar refractivity (Wildman–Crippen MR) is 382 cm³/mol. The van der Waals surface area contributed by atoms with E-state index in [9.17, 15) is 26.4 Å². The number of carboxylic acid groups (broad SMARTS) is 1. The lowest BCUT2D eigenvalue weighted by Gasteiger charge is -2.31. The molecule has 12 rings (SSSR count). The van der Waals surface area contributed by atoms with Crippen molar-refractivity contribution >= 4 is 138 Å². The normalized spacial score (nSPS) is 15.5. The van der Waals surface area contributed by atoms with Gasteiger partial charge in [0.25, 0.3) is 0 Å². The average Bonchev–Trinajstić information content (AvgIpc) is 2.84. The third-order valence-electron chi connectivity index (χ3n) is 15.5. The first-order valence-corrected chi connectivity index (χ1v) is 42.9. The fourth-order valence-corrected chi connectivity index (χ4v) is 27.2.